The molecule has 1 heterocycles. The molecule has 0 N–H and O–H groups in total. The number of aromatic nitrogens is 1. The van der Waals surface area contributed by atoms with Gasteiger partial charge in [-0.3, -0.25) is 0 Å². The molecule has 2 heteroatoms. The lowest BCUT2D eigenvalue weighted by Gasteiger charge is -2.04. The van der Waals surface area contributed by atoms with E-state index in [-0.39, 0.29) is 0 Å². The van der Waals surface area contributed by atoms with Crippen molar-refractivity contribution >= 4 is 0 Å². The monoisotopic (exact) mass is 181 g/mol. The SMILES string of the molecule is CC.COc1cccc(C(C)C)n1. The smallest absolute Gasteiger partial charge is 0.213 e. The second kappa shape index (κ2) is 6.46. The van der Waals surface area contributed by atoms with Crippen molar-refractivity contribution in [3.05, 3.63) is 23.9 Å². The molecular weight excluding hydrogens is 162 g/mol. The van der Waals surface area contributed by atoms with Crippen molar-refractivity contribution in [3.8, 4) is 5.88 Å². The molecule has 0 aliphatic rings. The minimum absolute atomic E-state index is 0.463. The summed E-state index contributed by atoms with van der Waals surface area (Å²) in [5.41, 5.74) is 1.07. The van der Waals surface area contributed by atoms with Gasteiger partial charge in [-0.15, -0.1) is 0 Å². The third-order valence-electron chi connectivity index (χ3n) is 1.55. The maximum atomic E-state index is 4.99. The van der Waals surface area contributed by atoms with Crippen LogP contribution in [-0.4, -0.2) is 12.1 Å². The normalized spacial score (nSPS) is 9.08. The molecule has 0 aliphatic heterocycles. The summed E-state index contributed by atoms with van der Waals surface area (Å²) >= 11 is 0. The molecule has 0 atom stereocenters. The Morgan fingerprint density at radius 1 is 1.23 bits per heavy atom. The number of ether oxygens (including phenoxy) is 1. The number of pyridine rings is 1. The summed E-state index contributed by atoms with van der Waals surface area (Å²) in [6.07, 6.45) is 0. The molecule has 0 fully saturated rings. The van der Waals surface area contributed by atoms with Crippen molar-refractivity contribution in [2.45, 2.75) is 33.6 Å². The van der Waals surface area contributed by atoms with Gasteiger partial charge in [0, 0.05) is 11.8 Å². The second-order valence-electron chi connectivity index (χ2n) is 2.76. The zero-order chi connectivity index (χ0) is 10.3. The van der Waals surface area contributed by atoms with Crippen LogP contribution >= 0.6 is 0 Å². The highest BCUT2D eigenvalue weighted by Gasteiger charge is 2.00. The fraction of sp³-hybridized carbons (Fsp3) is 0.545. The highest BCUT2D eigenvalue weighted by atomic mass is 16.5. The summed E-state index contributed by atoms with van der Waals surface area (Å²) in [4.78, 5) is 4.27. The second-order valence-corrected chi connectivity index (χ2v) is 2.76. The van der Waals surface area contributed by atoms with Gasteiger partial charge in [-0.25, -0.2) is 4.98 Å². The van der Waals surface area contributed by atoms with Crippen molar-refractivity contribution in [1.29, 1.82) is 0 Å². The molecule has 0 radical (unpaired) electrons. The van der Waals surface area contributed by atoms with Gasteiger partial charge < -0.3 is 4.74 Å². The van der Waals surface area contributed by atoms with Crippen molar-refractivity contribution in [3.63, 3.8) is 0 Å². The lowest BCUT2D eigenvalue weighted by atomic mass is 10.1. The van der Waals surface area contributed by atoms with Gasteiger partial charge in [-0.05, 0) is 12.0 Å². The summed E-state index contributed by atoms with van der Waals surface area (Å²) in [5.74, 6) is 1.15. The Kier molecular flexibility index (Phi) is 5.94. The van der Waals surface area contributed by atoms with Crippen LogP contribution < -0.4 is 4.74 Å². The Hall–Kier alpha value is -1.05. The third-order valence-corrected chi connectivity index (χ3v) is 1.55. The Morgan fingerprint density at radius 2 is 1.85 bits per heavy atom. The van der Waals surface area contributed by atoms with Gasteiger partial charge in [0.05, 0.1) is 7.11 Å². The van der Waals surface area contributed by atoms with Crippen LogP contribution in [0.25, 0.3) is 0 Å². The molecule has 0 spiro atoms. The Balaban J connectivity index is 0.000000671. The molecular formula is C11H19NO. The molecule has 1 aromatic heterocycles. The van der Waals surface area contributed by atoms with Gasteiger partial charge in [0.15, 0.2) is 0 Å². The van der Waals surface area contributed by atoms with Crippen LogP contribution in [0.5, 0.6) is 5.88 Å². The van der Waals surface area contributed by atoms with Crippen LogP contribution in [0.15, 0.2) is 18.2 Å². The third kappa shape index (κ3) is 3.92. The van der Waals surface area contributed by atoms with Gasteiger partial charge in [0.2, 0.25) is 5.88 Å². The predicted molar refractivity (Wildman–Crippen MR) is 56.2 cm³/mol. The van der Waals surface area contributed by atoms with E-state index in [1.165, 1.54) is 0 Å². The lowest BCUT2D eigenvalue weighted by molar-refractivity contribution is 0.395. The maximum Gasteiger partial charge on any atom is 0.213 e. The lowest BCUT2D eigenvalue weighted by Crippen LogP contribution is -1.94. The van der Waals surface area contributed by atoms with Crippen molar-refractivity contribution in [2.75, 3.05) is 7.11 Å². The largest absolute Gasteiger partial charge is 0.481 e. The molecule has 1 aromatic rings. The molecule has 0 bridgehead atoms. The van der Waals surface area contributed by atoms with E-state index < -0.39 is 0 Å². The van der Waals surface area contributed by atoms with Gasteiger partial charge in [-0.1, -0.05) is 33.8 Å². The van der Waals surface area contributed by atoms with Crippen LogP contribution in [-0.2, 0) is 0 Å². The fourth-order valence-electron chi connectivity index (χ4n) is 0.866. The molecule has 74 valence electrons. The number of hydrogen-bond acceptors (Lipinski definition) is 2. The highest BCUT2D eigenvalue weighted by molar-refractivity contribution is 5.17. The first-order valence-corrected chi connectivity index (χ1v) is 4.75. The van der Waals surface area contributed by atoms with E-state index in [1.54, 1.807) is 7.11 Å². The Bertz CT molecular complexity index is 233. The van der Waals surface area contributed by atoms with E-state index in [0.29, 0.717) is 11.8 Å². The van der Waals surface area contributed by atoms with Crippen molar-refractivity contribution in [2.24, 2.45) is 0 Å². The molecule has 0 aromatic carbocycles. The summed E-state index contributed by atoms with van der Waals surface area (Å²) in [7, 11) is 1.63. The summed E-state index contributed by atoms with van der Waals surface area (Å²) in [5, 5.41) is 0. The van der Waals surface area contributed by atoms with Crippen LogP contribution in [0.1, 0.15) is 39.3 Å². The average molecular weight is 181 g/mol. The molecule has 1 rings (SSSR count). The van der Waals surface area contributed by atoms with Gasteiger partial charge in [0.1, 0.15) is 0 Å². The first-order valence-electron chi connectivity index (χ1n) is 4.75. The van der Waals surface area contributed by atoms with E-state index >= 15 is 0 Å². The molecule has 0 saturated heterocycles. The Labute approximate surface area is 81.0 Å². The predicted octanol–water partition coefficient (Wildman–Crippen LogP) is 3.24. The molecule has 0 aliphatic carbocycles. The van der Waals surface area contributed by atoms with Gasteiger partial charge in [0.25, 0.3) is 0 Å². The minimum atomic E-state index is 0.463. The topological polar surface area (TPSA) is 22.1 Å². The summed E-state index contributed by atoms with van der Waals surface area (Å²) in [6.45, 7) is 8.23. The van der Waals surface area contributed by atoms with Gasteiger partial charge >= 0.3 is 0 Å². The summed E-state index contributed by atoms with van der Waals surface area (Å²) < 4.78 is 4.99. The highest BCUT2D eigenvalue weighted by Crippen LogP contribution is 2.14. The maximum absolute atomic E-state index is 4.99. The van der Waals surface area contributed by atoms with Crippen molar-refractivity contribution < 1.29 is 4.74 Å². The van der Waals surface area contributed by atoms with Crippen LogP contribution in [0.3, 0.4) is 0 Å². The van der Waals surface area contributed by atoms with E-state index in [1.807, 2.05) is 32.0 Å². The molecule has 0 unspecified atom stereocenters. The summed E-state index contributed by atoms with van der Waals surface area (Å²) in [6, 6.07) is 5.82. The first-order chi connectivity index (χ1) is 6.24. The Morgan fingerprint density at radius 3 is 2.31 bits per heavy atom. The van der Waals surface area contributed by atoms with Crippen LogP contribution in [0.4, 0.5) is 0 Å². The van der Waals surface area contributed by atoms with Crippen LogP contribution in [0, 0.1) is 0 Å². The fourth-order valence-corrected chi connectivity index (χ4v) is 0.866. The average Bonchev–Trinajstić information content (AvgIpc) is 2.21. The number of rotatable bonds is 2. The molecule has 0 amide bonds. The van der Waals surface area contributed by atoms with Crippen LogP contribution in [0.2, 0.25) is 0 Å². The number of nitrogens with zero attached hydrogens (tertiary/aromatic N) is 1. The zero-order valence-electron chi connectivity index (χ0n) is 9.16. The minimum Gasteiger partial charge on any atom is -0.481 e. The van der Waals surface area contributed by atoms with E-state index in [0.717, 1.165) is 5.69 Å². The molecule has 0 saturated carbocycles. The van der Waals surface area contributed by atoms with Gasteiger partial charge in [-0.2, -0.15) is 0 Å². The number of methoxy groups -OCH3 is 1. The standard InChI is InChI=1S/C9H13NO.C2H6/c1-7(2)8-5-4-6-9(10-8)11-3;1-2/h4-7H,1-3H3;1-2H3. The van der Waals surface area contributed by atoms with E-state index in [9.17, 15) is 0 Å². The first kappa shape index (κ1) is 11.9. The van der Waals surface area contributed by atoms with Crippen molar-refractivity contribution in [1.82, 2.24) is 4.98 Å². The number of hydrogen-bond donors (Lipinski definition) is 0. The van der Waals surface area contributed by atoms with E-state index in [2.05, 4.69) is 18.8 Å². The van der Waals surface area contributed by atoms with E-state index in [4.69, 9.17) is 4.74 Å². The molecule has 2 nitrogen and oxygen atoms in total. The molecule has 13 heavy (non-hydrogen) atoms. The zero-order valence-corrected chi connectivity index (χ0v) is 9.16. The quantitative estimate of drug-likeness (QED) is 0.698.